The van der Waals surface area contributed by atoms with Crippen molar-refractivity contribution in [2.24, 2.45) is 0 Å². The summed E-state index contributed by atoms with van der Waals surface area (Å²) in [5.74, 6) is -0.546. The zero-order chi connectivity index (χ0) is 27.5. The second kappa shape index (κ2) is 11.6. The molecule has 0 atom stereocenters. The molecule has 2 N–H and O–H groups in total. The topological polar surface area (TPSA) is 131 Å². The lowest BCUT2D eigenvalue weighted by Crippen LogP contribution is -2.40. The molecule has 1 amide bonds. The third-order valence-corrected chi connectivity index (χ3v) is 9.65. The Labute approximate surface area is 234 Å². The molecular weight excluding hydrogens is 622 g/mol. The maximum atomic E-state index is 13.1. The van der Waals surface area contributed by atoms with Gasteiger partial charge in [-0.3, -0.25) is 9.52 Å². The number of halogens is 2. The maximum absolute atomic E-state index is 13.1. The van der Waals surface area contributed by atoms with Crippen molar-refractivity contribution in [1.82, 2.24) is 4.31 Å². The molecule has 0 aliphatic carbocycles. The van der Waals surface area contributed by atoms with Crippen molar-refractivity contribution in [2.45, 2.75) is 9.79 Å². The van der Waals surface area contributed by atoms with Gasteiger partial charge in [-0.25, -0.2) is 16.8 Å². The lowest BCUT2D eigenvalue weighted by molar-refractivity contribution is 0.0730. The van der Waals surface area contributed by atoms with Gasteiger partial charge in [0, 0.05) is 28.3 Å². The number of methoxy groups -OCH3 is 1. The van der Waals surface area contributed by atoms with Gasteiger partial charge in [0.25, 0.3) is 15.9 Å². The SMILES string of the molecule is COc1cc(Br)ccc1S(=O)(=O)Nc1ccc(Cl)cc1C(=O)Nc1ccc(S(=O)(=O)N2CCOCC2)cc1. The van der Waals surface area contributed by atoms with Crippen LogP contribution in [0.1, 0.15) is 10.4 Å². The number of nitrogens with one attached hydrogen (secondary N) is 2. The minimum absolute atomic E-state index is 0.0108. The van der Waals surface area contributed by atoms with Crippen LogP contribution in [0.2, 0.25) is 5.02 Å². The lowest BCUT2D eigenvalue weighted by Gasteiger charge is -2.26. The molecule has 3 aromatic carbocycles. The first kappa shape index (κ1) is 28.3. The van der Waals surface area contributed by atoms with Crippen molar-refractivity contribution in [3.8, 4) is 5.75 Å². The Balaban J connectivity index is 1.56. The van der Waals surface area contributed by atoms with Gasteiger partial charge >= 0.3 is 0 Å². The highest BCUT2D eigenvalue weighted by atomic mass is 79.9. The molecule has 0 radical (unpaired) electrons. The molecule has 0 bridgehead atoms. The Morgan fingerprint density at radius 2 is 1.68 bits per heavy atom. The summed E-state index contributed by atoms with van der Waals surface area (Å²) in [5, 5.41) is 2.86. The fourth-order valence-electron chi connectivity index (χ4n) is 3.70. The molecule has 0 aromatic heterocycles. The van der Waals surface area contributed by atoms with Gasteiger partial charge in [0.2, 0.25) is 10.0 Å². The van der Waals surface area contributed by atoms with Crippen molar-refractivity contribution >= 4 is 64.9 Å². The number of amides is 1. The zero-order valence-corrected chi connectivity index (χ0v) is 24.0. The summed E-state index contributed by atoms with van der Waals surface area (Å²) in [6.07, 6.45) is 0. The second-order valence-electron chi connectivity index (χ2n) is 8.09. The number of carbonyl (C=O) groups excluding carboxylic acids is 1. The number of hydrogen-bond donors (Lipinski definition) is 2. The number of ether oxygens (including phenoxy) is 2. The molecule has 202 valence electrons. The maximum Gasteiger partial charge on any atom is 0.265 e. The van der Waals surface area contributed by atoms with E-state index in [9.17, 15) is 21.6 Å². The summed E-state index contributed by atoms with van der Waals surface area (Å²) >= 11 is 9.37. The van der Waals surface area contributed by atoms with E-state index in [1.165, 1.54) is 66.0 Å². The highest BCUT2D eigenvalue weighted by molar-refractivity contribution is 9.10. The largest absolute Gasteiger partial charge is 0.495 e. The number of benzene rings is 3. The normalized spacial score (nSPS) is 14.6. The van der Waals surface area contributed by atoms with Crippen LogP contribution in [0, 0.1) is 0 Å². The zero-order valence-electron chi connectivity index (χ0n) is 20.0. The molecule has 0 unspecified atom stereocenters. The van der Waals surface area contributed by atoms with Crippen LogP contribution < -0.4 is 14.8 Å². The quantitative estimate of drug-likeness (QED) is 0.376. The van der Waals surface area contributed by atoms with E-state index in [2.05, 4.69) is 26.0 Å². The summed E-state index contributed by atoms with van der Waals surface area (Å²) < 4.78 is 66.7. The molecule has 0 saturated carbocycles. The number of morpholine rings is 1. The first-order valence-corrected chi connectivity index (χ1v) is 15.3. The predicted octanol–water partition coefficient (Wildman–Crippen LogP) is 4.19. The predicted molar refractivity (Wildman–Crippen MR) is 147 cm³/mol. The average molecular weight is 645 g/mol. The van der Waals surface area contributed by atoms with E-state index in [0.29, 0.717) is 23.4 Å². The first-order valence-electron chi connectivity index (χ1n) is 11.2. The Morgan fingerprint density at radius 1 is 1.00 bits per heavy atom. The number of anilines is 2. The van der Waals surface area contributed by atoms with Crippen LogP contribution in [0.4, 0.5) is 11.4 Å². The molecule has 1 aliphatic heterocycles. The molecule has 14 heteroatoms. The number of sulfonamides is 2. The molecule has 1 fully saturated rings. The monoisotopic (exact) mass is 643 g/mol. The number of nitrogens with zero attached hydrogens (tertiary/aromatic N) is 1. The molecular formula is C24H23BrClN3O7S2. The van der Waals surface area contributed by atoms with Crippen LogP contribution in [-0.2, 0) is 24.8 Å². The molecule has 4 rings (SSSR count). The molecule has 10 nitrogen and oxygen atoms in total. The molecule has 1 saturated heterocycles. The minimum Gasteiger partial charge on any atom is -0.495 e. The van der Waals surface area contributed by atoms with Crippen LogP contribution in [0.5, 0.6) is 5.75 Å². The van der Waals surface area contributed by atoms with Crippen molar-refractivity contribution in [3.05, 3.63) is 75.7 Å². The van der Waals surface area contributed by atoms with Gasteiger partial charge in [0.1, 0.15) is 10.6 Å². The Bertz CT molecular complexity index is 1560. The smallest absolute Gasteiger partial charge is 0.265 e. The highest BCUT2D eigenvalue weighted by Crippen LogP contribution is 2.31. The van der Waals surface area contributed by atoms with E-state index >= 15 is 0 Å². The highest BCUT2D eigenvalue weighted by Gasteiger charge is 2.27. The van der Waals surface area contributed by atoms with Gasteiger partial charge in [-0.05, 0) is 60.7 Å². The Kier molecular flexibility index (Phi) is 8.65. The van der Waals surface area contributed by atoms with Gasteiger partial charge < -0.3 is 14.8 Å². The van der Waals surface area contributed by atoms with Crippen LogP contribution in [0.3, 0.4) is 0 Å². The standard InChI is InChI=1S/C24H23BrClN3O7S2/c1-35-22-14-16(25)2-9-23(22)37(31,32)28-21-8-3-17(26)15-20(21)24(30)27-18-4-6-19(7-5-18)38(33,34)29-10-12-36-13-11-29/h2-9,14-15,28H,10-13H2,1H3,(H,27,30). The van der Waals surface area contributed by atoms with Crippen molar-refractivity contribution in [1.29, 1.82) is 0 Å². The number of rotatable bonds is 8. The summed E-state index contributed by atoms with van der Waals surface area (Å²) in [6.45, 7) is 1.18. The fraction of sp³-hybridized carbons (Fsp3) is 0.208. The molecule has 1 aliphatic rings. The van der Waals surface area contributed by atoms with Gasteiger partial charge in [-0.1, -0.05) is 27.5 Å². The van der Waals surface area contributed by atoms with E-state index in [4.69, 9.17) is 21.1 Å². The van der Waals surface area contributed by atoms with Crippen LogP contribution in [-0.4, -0.2) is 60.5 Å². The van der Waals surface area contributed by atoms with Crippen molar-refractivity contribution in [3.63, 3.8) is 0 Å². The van der Waals surface area contributed by atoms with Crippen molar-refractivity contribution in [2.75, 3.05) is 43.5 Å². The molecule has 38 heavy (non-hydrogen) atoms. The summed E-state index contributed by atoms with van der Waals surface area (Å²) in [7, 11) is -6.49. The van der Waals surface area contributed by atoms with E-state index in [-0.39, 0.29) is 44.9 Å². The third kappa shape index (κ3) is 6.30. The van der Waals surface area contributed by atoms with Gasteiger partial charge in [0.05, 0.1) is 36.5 Å². The number of hydrogen-bond acceptors (Lipinski definition) is 7. The van der Waals surface area contributed by atoms with Gasteiger partial charge in [0.15, 0.2) is 0 Å². The fourth-order valence-corrected chi connectivity index (χ4v) is 6.85. The Hall–Kier alpha value is -2.68. The van der Waals surface area contributed by atoms with Crippen LogP contribution >= 0.6 is 27.5 Å². The summed E-state index contributed by atoms with van der Waals surface area (Å²) in [4.78, 5) is 13.1. The van der Waals surface area contributed by atoms with E-state index < -0.39 is 26.0 Å². The van der Waals surface area contributed by atoms with Crippen LogP contribution in [0.15, 0.2) is 74.9 Å². The average Bonchev–Trinajstić information content (AvgIpc) is 2.90. The molecule has 3 aromatic rings. The Morgan fingerprint density at radius 3 is 2.34 bits per heavy atom. The van der Waals surface area contributed by atoms with Gasteiger partial charge in [-0.15, -0.1) is 0 Å². The van der Waals surface area contributed by atoms with Gasteiger partial charge in [-0.2, -0.15) is 4.31 Å². The van der Waals surface area contributed by atoms with E-state index in [1.807, 2.05) is 0 Å². The lowest BCUT2D eigenvalue weighted by atomic mass is 10.1. The van der Waals surface area contributed by atoms with Crippen LogP contribution in [0.25, 0.3) is 0 Å². The summed E-state index contributed by atoms with van der Waals surface area (Å²) in [5.41, 5.74) is 0.254. The number of carbonyl (C=O) groups is 1. The van der Waals surface area contributed by atoms with E-state index in [0.717, 1.165) is 0 Å². The summed E-state index contributed by atoms with van der Waals surface area (Å²) in [6, 6.07) is 14.3. The molecule has 1 heterocycles. The minimum atomic E-state index is -4.15. The van der Waals surface area contributed by atoms with Crippen molar-refractivity contribution < 1.29 is 31.1 Å². The van der Waals surface area contributed by atoms with E-state index in [1.54, 1.807) is 6.07 Å². The second-order valence-corrected chi connectivity index (χ2v) is 13.0. The third-order valence-electron chi connectivity index (χ3n) is 5.61. The first-order chi connectivity index (χ1) is 18.0. The molecule has 0 spiro atoms.